The molecule has 0 saturated heterocycles. The topological polar surface area (TPSA) is 12.9 Å². The highest BCUT2D eigenvalue weighted by Gasteiger charge is 1.87. The lowest BCUT2D eigenvalue weighted by molar-refractivity contribution is 1.09. The zero-order valence-electron chi connectivity index (χ0n) is 5.59. The predicted octanol–water partition coefficient (Wildman–Crippen LogP) is 1.77. The molecule has 0 fully saturated rings. The molecule has 0 aliphatic carbocycles. The van der Waals surface area contributed by atoms with Crippen molar-refractivity contribution in [1.29, 1.82) is 0 Å². The van der Waals surface area contributed by atoms with Crippen molar-refractivity contribution in [3.8, 4) is 0 Å². The van der Waals surface area contributed by atoms with Gasteiger partial charge in [-0.05, 0) is 38.0 Å². The zero-order valence-corrected chi connectivity index (χ0v) is 5.59. The third-order valence-electron chi connectivity index (χ3n) is 1.23. The Morgan fingerprint density at radius 1 is 1.67 bits per heavy atom. The van der Waals surface area contributed by atoms with E-state index in [1.54, 1.807) is 0 Å². The minimum Gasteiger partial charge on any atom is -0.261 e. The summed E-state index contributed by atoms with van der Waals surface area (Å²) in [5.74, 6) is 0. The van der Waals surface area contributed by atoms with Gasteiger partial charge in [0.1, 0.15) is 0 Å². The molecule has 9 heavy (non-hydrogen) atoms. The van der Waals surface area contributed by atoms with Crippen LogP contribution >= 0.6 is 0 Å². The monoisotopic (exact) mass is 120 g/mol. The summed E-state index contributed by atoms with van der Waals surface area (Å²) < 4.78 is 0. The van der Waals surface area contributed by atoms with Crippen LogP contribution in [0.3, 0.4) is 0 Å². The molecule has 1 heterocycles. The molecule has 1 aromatic heterocycles. The van der Waals surface area contributed by atoms with Crippen molar-refractivity contribution in [3.05, 3.63) is 36.5 Å². The summed E-state index contributed by atoms with van der Waals surface area (Å²) in [5, 5.41) is 0. The Bertz CT molecular complexity index is 194. The molecule has 0 saturated carbocycles. The highest BCUT2D eigenvalue weighted by Crippen LogP contribution is 1.98. The Morgan fingerprint density at radius 2 is 2.44 bits per heavy atom. The number of hydrogen-bond acceptors (Lipinski definition) is 1. The van der Waals surface area contributed by atoms with E-state index in [0.717, 1.165) is 12.1 Å². The average molecular weight is 120 g/mol. The third kappa shape index (κ3) is 1.53. The van der Waals surface area contributed by atoms with E-state index < -0.39 is 0 Å². The van der Waals surface area contributed by atoms with E-state index in [2.05, 4.69) is 18.8 Å². The number of pyridine rings is 1. The Kier molecular flexibility index (Phi) is 1.83. The van der Waals surface area contributed by atoms with Crippen LogP contribution in [0.15, 0.2) is 18.3 Å². The first-order chi connectivity index (χ1) is 4.33. The molecule has 0 N–H and O–H groups in total. The maximum Gasteiger partial charge on any atom is 0.0406 e. The molecule has 0 aliphatic heterocycles. The second-order valence-electron chi connectivity index (χ2n) is 2.07. The molecule has 47 valence electrons. The molecule has 1 nitrogen and oxygen atoms in total. The summed E-state index contributed by atoms with van der Waals surface area (Å²) in [7, 11) is 0. The zero-order chi connectivity index (χ0) is 6.69. The number of aromatic nitrogens is 1. The van der Waals surface area contributed by atoms with Gasteiger partial charge in [0, 0.05) is 11.9 Å². The first-order valence-electron chi connectivity index (χ1n) is 3.03. The Labute approximate surface area is 55.7 Å². The number of hydrogen-bond donors (Lipinski definition) is 0. The van der Waals surface area contributed by atoms with Gasteiger partial charge in [-0.1, -0.05) is 0 Å². The molecule has 1 heteroatoms. The van der Waals surface area contributed by atoms with E-state index in [-0.39, 0.29) is 0 Å². The van der Waals surface area contributed by atoms with Gasteiger partial charge in [-0.15, -0.1) is 0 Å². The van der Waals surface area contributed by atoms with Gasteiger partial charge in [0.15, 0.2) is 0 Å². The van der Waals surface area contributed by atoms with E-state index in [9.17, 15) is 0 Å². The average Bonchev–Trinajstić information content (AvgIpc) is 1.88. The molecule has 1 rings (SSSR count). The third-order valence-corrected chi connectivity index (χ3v) is 1.23. The van der Waals surface area contributed by atoms with Crippen LogP contribution in [0.4, 0.5) is 0 Å². The number of rotatable bonds is 1. The molecule has 0 atom stereocenters. The molecule has 0 spiro atoms. The fourth-order valence-electron chi connectivity index (χ4n) is 0.735. The van der Waals surface area contributed by atoms with Gasteiger partial charge in [0.05, 0.1) is 0 Å². The van der Waals surface area contributed by atoms with Crippen molar-refractivity contribution in [1.82, 2.24) is 4.98 Å². The first-order valence-corrected chi connectivity index (χ1v) is 3.03. The number of aryl methyl sites for hydroxylation is 1. The van der Waals surface area contributed by atoms with Crippen molar-refractivity contribution >= 4 is 0 Å². The molecular weight excluding hydrogens is 110 g/mol. The summed E-state index contributed by atoms with van der Waals surface area (Å²) in [4.78, 5) is 4.10. The van der Waals surface area contributed by atoms with E-state index in [1.807, 2.05) is 18.3 Å². The predicted molar refractivity (Wildman–Crippen MR) is 38.0 cm³/mol. The van der Waals surface area contributed by atoms with Crippen LogP contribution in [0, 0.1) is 13.8 Å². The molecule has 1 aromatic rings. The molecule has 0 bridgehead atoms. The van der Waals surface area contributed by atoms with Gasteiger partial charge in [0.25, 0.3) is 0 Å². The standard InChI is InChI=1S/C8H10N/c1-3-8-6-7(2)4-5-9-8/h4-6H,1,3H2,2H3. The maximum absolute atomic E-state index is 4.10. The van der Waals surface area contributed by atoms with Gasteiger partial charge >= 0.3 is 0 Å². The summed E-state index contributed by atoms with van der Waals surface area (Å²) in [6.07, 6.45) is 2.59. The van der Waals surface area contributed by atoms with Crippen LogP contribution in [0.1, 0.15) is 11.3 Å². The molecule has 0 aromatic carbocycles. The van der Waals surface area contributed by atoms with Gasteiger partial charge in [-0.2, -0.15) is 0 Å². The van der Waals surface area contributed by atoms with Crippen LogP contribution in [0.25, 0.3) is 0 Å². The van der Waals surface area contributed by atoms with E-state index in [4.69, 9.17) is 0 Å². The highest BCUT2D eigenvalue weighted by atomic mass is 14.7. The van der Waals surface area contributed by atoms with Gasteiger partial charge in [0.2, 0.25) is 0 Å². The van der Waals surface area contributed by atoms with Gasteiger partial charge < -0.3 is 0 Å². The normalized spacial score (nSPS) is 9.56. The molecule has 0 aliphatic rings. The first kappa shape index (κ1) is 6.27. The van der Waals surface area contributed by atoms with Crippen molar-refractivity contribution < 1.29 is 0 Å². The second-order valence-corrected chi connectivity index (χ2v) is 2.07. The summed E-state index contributed by atoms with van der Waals surface area (Å²) in [6, 6.07) is 4.03. The minimum atomic E-state index is 0.779. The van der Waals surface area contributed by atoms with Gasteiger partial charge in [-0.25, -0.2) is 0 Å². The van der Waals surface area contributed by atoms with Crippen molar-refractivity contribution in [3.63, 3.8) is 0 Å². The largest absolute Gasteiger partial charge is 0.261 e. The van der Waals surface area contributed by atoms with Gasteiger partial charge in [-0.3, -0.25) is 4.98 Å². The lowest BCUT2D eigenvalue weighted by atomic mass is 10.2. The Morgan fingerprint density at radius 3 is 2.89 bits per heavy atom. The van der Waals surface area contributed by atoms with Crippen molar-refractivity contribution in [2.45, 2.75) is 13.3 Å². The molecule has 0 unspecified atom stereocenters. The fourth-order valence-corrected chi connectivity index (χ4v) is 0.735. The lowest BCUT2D eigenvalue weighted by Crippen LogP contribution is -1.85. The summed E-state index contributed by atoms with van der Waals surface area (Å²) >= 11 is 0. The number of nitrogens with zero attached hydrogens (tertiary/aromatic N) is 1. The van der Waals surface area contributed by atoms with Crippen LogP contribution in [0.5, 0.6) is 0 Å². The van der Waals surface area contributed by atoms with Crippen LogP contribution < -0.4 is 0 Å². The SMILES string of the molecule is [CH2]Cc1cc(C)ccn1. The molecule has 0 amide bonds. The second kappa shape index (κ2) is 2.62. The summed E-state index contributed by atoms with van der Waals surface area (Å²) in [5.41, 5.74) is 2.32. The minimum absolute atomic E-state index is 0.779. The lowest BCUT2D eigenvalue weighted by Gasteiger charge is -1.94. The van der Waals surface area contributed by atoms with Crippen LogP contribution in [-0.4, -0.2) is 4.98 Å². The van der Waals surface area contributed by atoms with Crippen molar-refractivity contribution in [2.24, 2.45) is 0 Å². The molecule has 1 radical (unpaired) electrons. The quantitative estimate of drug-likeness (QED) is 0.550. The van der Waals surface area contributed by atoms with E-state index in [0.29, 0.717) is 0 Å². The van der Waals surface area contributed by atoms with Crippen LogP contribution in [-0.2, 0) is 6.42 Å². The fraction of sp³-hybridized carbons (Fsp3) is 0.250. The maximum atomic E-state index is 4.10. The Hall–Kier alpha value is -0.850. The highest BCUT2D eigenvalue weighted by molar-refractivity contribution is 5.14. The Balaban J connectivity index is 2.94. The van der Waals surface area contributed by atoms with Crippen LogP contribution in [0.2, 0.25) is 0 Å². The molecular formula is C8H10N. The van der Waals surface area contributed by atoms with Crippen molar-refractivity contribution in [2.75, 3.05) is 0 Å². The summed E-state index contributed by atoms with van der Waals surface area (Å²) in [6.45, 7) is 5.79. The smallest absolute Gasteiger partial charge is 0.0406 e. The van der Waals surface area contributed by atoms with E-state index >= 15 is 0 Å². The van der Waals surface area contributed by atoms with E-state index in [1.165, 1.54) is 5.56 Å².